The topological polar surface area (TPSA) is 82.5 Å². The van der Waals surface area contributed by atoms with Crippen LogP contribution in [0, 0.1) is 11.8 Å². The van der Waals surface area contributed by atoms with Gasteiger partial charge in [-0.2, -0.15) is 0 Å². The van der Waals surface area contributed by atoms with Crippen LogP contribution in [0.1, 0.15) is 55.7 Å². The van der Waals surface area contributed by atoms with Crippen molar-refractivity contribution in [1.82, 2.24) is 10.3 Å². The van der Waals surface area contributed by atoms with E-state index in [1.165, 1.54) is 12.5 Å². The molecule has 1 aromatic heterocycles. The van der Waals surface area contributed by atoms with Crippen molar-refractivity contribution in [1.29, 1.82) is 0 Å². The molecular weight excluding hydrogens is 352 g/mol. The second-order valence-corrected chi connectivity index (χ2v) is 6.73. The summed E-state index contributed by atoms with van der Waals surface area (Å²) in [5.74, 6) is 5.83. The number of aliphatic hydroxyl groups excluding tert-OH is 2. The summed E-state index contributed by atoms with van der Waals surface area (Å²) in [4.78, 5) is 15.5. The summed E-state index contributed by atoms with van der Waals surface area (Å²) in [5, 5.41) is 22.2. The molecule has 0 radical (unpaired) electrons. The summed E-state index contributed by atoms with van der Waals surface area (Å²) in [7, 11) is 0. The maximum atomic E-state index is 11.2. The van der Waals surface area contributed by atoms with E-state index in [-0.39, 0.29) is 12.5 Å². The number of aryl methyl sites for hydroxylation is 1. The Labute approximate surface area is 166 Å². The van der Waals surface area contributed by atoms with Gasteiger partial charge in [0.2, 0.25) is 5.91 Å². The molecule has 0 spiro atoms. The summed E-state index contributed by atoms with van der Waals surface area (Å²) < 4.78 is 0. The van der Waals surface area contributed by atoms with Gasteiger partial charge in [0, 0.05) is 13.3 Å². The Morgan fingerprint density at radius 1 is 1.11 bits per heavy atom. The third-order valence-electron chi connectivity index (χ3n) is 4.37. The Morgan fingerprint density at radius 2 is 1.89 bits per heavy atom. The number of carbonyl (C=O) groups excluding carboxylic acids is 1. The molecule has 0 saturated carbocycles. The Kier molecular flexibility index (Phi) is 9.20. The van der Waals surface area contributed by atoms with Gasteiger partial charge in [-0.25, -0.2) is 4.98 Å². The Balaban J connectivity index is 1.80. The molecule has 5 nitrogen and oxygen atoms in total. The molecule has 5 heteroatoms. The lowest BCUT2D eigenvalue weighted by molar-refractivity contribution is -0.121. The van der Waals surface area contributed by atoms with Crippen molar-refractivity contribution in [2.45, 2.75) is 51.2 Å². The van der Waals surface area contributed by atoms with E-state index >= 15 is 0 Å². The van der Waals surface area contributed by atoms with Crippen LogP contribution in [0.3, 0.4) is 0 Å². The molecule has 0 fully saturated rings. The third-order valence-corrected chi connectivity index (χ3v) is 4.37. The number of rotatable bonds is 9. The number of aliphatic hydroxyl groups is 2. The number of unbranched alkanes of at least 4 members (excludes halogenated alkanes) is 3. The number of nitrogens with one attached hydrogen (secondary N) is 1. The normalized spacial score (nSPS) is 12.5. The van der Waals surface area contributed by atoms with E-state index in [2.05, 4.69) is 46.4 Å². The van der Waals surface area contributed by atoms with E-state index in [4.69, 9.17) is 0 Å². The molecule has 1 aromatic carbocycles. The lowest BCUT2D eigenvalue weighted by Crippen LogP contribution is -2.41. The van der Waals surface area contributed by atoms with E-state index in [0.29, 0.717) is 11.4 Å². The number of nitrogens with zero attached hydrogens (tertiary/aromatic N) is 1. The number of pyridine rings is 1. The predicted octanol–water partition coefficient (Wildman–Crippen LogP) is 2.77. The fourth-order valence-electron chi connectivity index (χ4n) is 2.89. The molecule has 148 valence electrons. The molecule has 1 amide bonds. The maximum absolute atomic E-state index is 11.2. The van der Waals surface area contributed by atoms with Crippen LogP contribution in [0.2, 0.25) is 0 Å². The van der Waals surface area contributed by atoms with Gasteiger partial charge in [0.15, 0.2) is 0 Å². The zero-order valence-corrected chi connectivity index (χ0v) is 16.3. The van der Waals surface area contributed by atoms with Gasteiger partial charge < -0.3 is 15.5 Å². The van der Waals surface area contributed by atoms with Crippen LogP contribution < -0.4 is 5.32 Å². The largest absolute Gasteiger partial charge is 0.394 e. The molecule has 2 atom stereocenters. The van der Waals surface area contributed by atoms with E-state index in [9.17, 15) is 15.0 Å². The molecule has 0 aliphatic rings. The molecule has 3 N–H and O–H groups in total. The zero-order chi connectivity index (χ0) is 20.2. The summed E-state index contributed by atoms with van der Waals surface area (Å²) in [6, 6.07) is 14.9. The quantitative estimate of drug-likeness (QED) is 0.461. The second-order valence-electron chi connectivity index (χ2n) is 6.73. The molecule has 28 heavy (non-hydrogen) atoms. The van der Waals surface area contributed by atoms with Gasteiger partial charge in [-0.1, -0.05) is 48.7 Å². The first-order chi connectivity index (χ1) is 13.6. The second kappa shape index (κ2) is 11.9. The molecule has 0 aliphatic heterocycles. The van der Waals surface area contributed by atoms with Crippen molar-refractivity contribution in [2.75, 3.05) is 6.61 Å². The highest BCUT2D eigenvalue weighted by molar-refractivity contribution is 5.73. The Hall–Kier alpha value is -2.68. The van der Waals surface area contributed by atoms with E-state index in [1.807, 2.05) is 6.07 Å². The number of benzene rings is 1. The molecule has 2 rings (SSSR count). The van der Waals surface area contributed by atoms with Crippen LogP contribution in [0.4, 0.5) is 0 Å². The van der Waals surface area contributed by atoms with Gasteiger partial charge in [0.25, 0.3) is 0 Å². The first-order valence-corrected chi connectivity index (χ1v) is 9.66. The fraction of sp³-hybridized carbons (Fsp3) is 0.391. The molecule has 1 heterocycles. The van der Waals surface area contributed by atoms with Crippen molar-refractivity contribution in [3.63, 3.8) is 0 Å². The van der Waals surface area contributed by atoms with Crippen LogP contribution in [-0.4, -0.2) is 33.8 Å². The van der Waals surface area contributed by atoms with Crippen LogP contribution >= 0.6 is 0 Å². The highest BCUT2D eigenvalue weighted by Gasteiger charge is 2.22. The Morgan fingerprint density at radius 3 is 2.61 bits per heavy atom. The first kappa shape index (κ1) is 21.6. The highest BCUT2D eigenvalue weighted by Crippen LogP contribution is 2.15. The molecule has 2 unspecified atom stereocenters. The van der Waals surface area contributed by atoms with Crippen molar-refractivity contribution >= 4 is 5.91 Å². The van der Waals surface area contributed by atoms with Gasteiger partial charge in [-0.05, 0) is 42.9 Å². The molecule has 2 aromatic rings. The molecule has 0 aliphatic carbocycles. The first-order valence-electron chi connectivity index (χ1n) is 9.66. The van der Waals surface area contributed by atoms with Gasteiger partial charge in [0.05, 0.1) is 18.3 Å². The summed E-state index contributed by atoms with van der Waals surface area (Å²) in [5.41, 5.74) is 2.32. The number of carbonyl (C=O) groups is 1. The van der Waals surface area contributed by atoms with Crippen LogP contribution in [0.5, 0.6) is 0 Å². The molecule has 0 saturated heterocycles. The van der Waals surface area contributed by atoms with Gasteiger partial charge in [-0.3, -0.25) is 4.79 Å². The van der Waals surface area contributed by atoms with Crippen LogP contribution in [-0.2, 0) is 11.2 Å². The average molecular weight is 380 g/mol. The summed E-state index contributed by atoms with van der Waals surface area (Å²) in [6.07, 6.45) is 4.12. The monoisotopic (exact) mass is 380 g/mol. The summed E-state index contributed by atoms with van der Waals surface area (Å²) >= 11 is 0. The molecular formula is C23H28N2O3. The average Bonchev–Trinajstić information content (AvgIpc) is 2.71. The van der Waals surface area contributed by atoms with Crippen molar-refractivity contribution in [3.05, 3.63) is 65.5 Å². The lowest BCUT2D eigenvalue weighted by atomic mass is 10.1. The van der Waals surface area contributed by atoms with Gasteiger partial charge in [-0.15, -0.1) is 0 Å². The zero-order valence-electron chi connectivity index (χ0n) is 16.3. The Bertz CT molecular complexity index is 796. The van der Waals surface area contributed by atoms with Gasteiger partial charge >= 0.3 is 0 Å². The lowest BCUT2D eigenvalue weighted by Gasteiger charge is -2.21. The third kappa shape index (κ3) is 7.51. The predicted molar refractivity (Wildman–Crippen MR) is 109 cm³/mol. The minimum Gasteiger partial charge on any atom is -0.394 e. The van der Waals surface area contributed by atoms with Gasteiger partial charge in [0.1, 0.15) is 11.8 Å². The van der Waals surface area contributed by atoms with Crippen LogP contribution in [0.15, 0.2) is 48.5 Å². The minimum absolute atomic E-state index is 0.318. The number of aromatic nitrogens is 1. The van der Waals surface area contributed by atoms with E-state index in [0.717, 1.165) is 32.1 Å². The fourth-order valence-corrected chi connectivity index (χ4v) is 2.89. The van der Waals surface area contributed by atoms with Crippen molar-refractivity contribution in [3.8, 4) is 11.8 Å². The number of hydrogen-bond acceptors (Lipinski definition) is 4. The maximum Gasteiger partial charge on any atom is 0.217 e. The SMILES string of the molecule is CC(=O)NC(CO)C(O)c1cccc(C#CCCCCCc2ccccc2)n1. The van der Waals surface area contributed by atoms with Crippen molar-refractivity contribution < 1.29 is 15.0 Å². The van der Waals surface area contributed by atoms with E-state index < -0.39 is 12.1 Å². The standard InChI is InChI=1S/C23H28N2O3/c1-18(27)24-22(17-26)23(28)21-16-10-15-20(25-21)14-9-4-2-3-6-11-19-12-7-5-8-13-19/h5,7-8,10,12-13,15-16,22-23,26,28H,2-4,6,11,17H2,1H3,(H,24,27). The van der Waals surface area contributed by atoms with Crippen LogP contribution in [0.25, 0.3) is 0 Å². The molecule has 0 bridgehead atoms. The summed E-state index contributed by atoms with van der Waals surface area (Å²) in [6.45, 7) is 0.964. The number of amides is 1. The minimum atomic E-state index is -1.09. The van der Waals surface area contributed by atoms with E-state index in [1.54, 1.807) is 18.2 Å². The number of hydrogen-bond donors (Lipinski definition) is 3. The highest BCUT2D eigenvalue weighted by atomic mass is 16.3. The van der Waals surface area contributed by atoms with Crippen molar-refractivity contribution in [2.24, 2.45) is 0 Å². The smallest absolute Gasteiger partial charge is 0.217 e.